The van der Waals surface area contributed by atoms with Gasteiger partial charge in [-0.15, -0.1) is 0 Å². The number of aryl methyl sites for hydroxylation is 1. The monoisotopic (exact) mass is 434 g/mol. The summed E-state index contributed by atoms with van der Waals surface area (Å²) in [5, 5.41) is 0.167. The third kappa shape index (κ3) is 4.31. The minimum absolute atomic E-state index is 0.0703. The van der Waals surface area contributed by atoms with Crippen molar-refractivity contribution in [2.24, 2.45) is 0 Å². The van der Waals surface area contributed by atoms with E-state index in [1.54, 1.807) is 13.0 Å². The van der Waals surface area contributed by atoms with Crippen molar-refractivity contribution in [1.29, 1.82) is 0 Å². The van der Waals surface area contributed by atoms with Crippen LogP contribution >= 0.6 is 11.6 Å². The van der Waals surface area contributed by atoms with Crippen LogP contribution in [0.5, 0.6) is 0 Å². The summed E-state index contributed by atoms with van der Waals surface area (Å²) in [5.74, 6) is 0.548. The topological polar surface area (TPSA) is 78.3 Å². The molecule has 2 aromatic carbocycles. The molecule has 29 heavy (non-hydrogen) atoms. The zero-order chi connectivity index (χ0) is 21.3. The van der Waals surface area contributed by atoms with Crippen molar-refractivity contribution in [2.75, 3.05) is 6.26 Å². The average Bonchev–Trinajstić information content (AvgIpc) is 3.03. The molecule has 6 nitrogen and oxygen atoms in total. The number of sulfone groups is 1. The highest BCUT2D eigenvalue weighted by molar-refractivity contribution is 7.90. The molecular formula is C21H23ClN2O4S. The third-order valence-corrected chi connectivity index (χ3v) is 6.27. The Morgan fingerprint density at radius 2 is 1.86 bits per heavy atom. The number of nitrogens with zero attached hydrogens (tertiary/aromatic N) is 2. The number of hydrogen-bond acceptors (Lipinski definition) is 5. The summed E-state index contributed by atoms with van der Waals surface area (Å²) < 4.78 is 31.3. The van der Waals surface area contributed by atoms with Crippen molar-refractivity contribution in [1.82, 2.24) is 9.55 Å². The Labute approximate surface area is 175 Å². The largest absolute Gasteiger partial charge is 0.458 e. The zero-order valence-electron chi connectivity index (χ0n) is 16.8. The minimum Gasteiger partial charge on any atom is -0.458 e. The number of benzene rings is 2. The van der Waals surface area contributed by atoms with E-state index >= 15 is 0 Å². The predicted molar refractivity (Wildman–Crippen MR) is 113 cm³/mol. The van der Waals surface area contributed by atoms with E-state index in [0.29, 0.717) is 18.4 Å². The molecule has 1 unspecified atom stereocenters. The van der Waals surface area contributed by atoms with Gasteiger partial charge in [0.05, 0.1) is 21.0 Å². The molecule has 0 aliphatic rings. The molecule has 3 aromatic rings. The van der Waals surface area contributed by atoms with Crippen molar-refractivity contribution in [3.63, 3.8) is 0 Å². The van der Waals surface area contributed by atoms with Gasteiger partial charge in [-0.2, -0.15) is 0 Å². The first kappa shape index (κ1) is 21.3. The van der Waals surface area contributed by atoms with Gasteiger partial charge in [0, 0.05) is 24.8 Å². The van der Waals surface area contributed by atoms with Crippen LogP contribution in [0.4, 0.5) is 0 Å². The van der Waals surface area contributed by atoms with Crippen molar-refractivity contribution >= 4 is 38.4 Å². The Morgan fingerprint density at radius 1 is 1.21 bits per heavy atom. The van der Waals surface area contributed by atoms with Crippen LogP contribution < -0.4 is 0 Å². The molecule has 0 N–H and O–H groups in total. The van der Waals surface area contributed by atoms with Gasteiger partial charge in [0.15, 0.2) is 9.84 Å². The second kappa shape index (κ2) is 8.16. The first-order chi connectivity index (χ1) is 13.7. The molecule has 3 rings (SSSR count). The van der Waals surface area contributed by atoms with Crippen molar-refractivity contribution in [3.05, 3.63) is 52.8 Å². The number of carbonyl (C=O) groups excluding carboxylic acids is 1. The van der Waals surface area contributed by atoms with Crippen molar-refractivity contribution in [2.45, 2.75) is 44.6 Å². The third-order valence-electron chi connectivity index (χ3n) is 4.71. The summed E-state index contributed by atoms with van der Waals surface area (Å²) in [5.41, 5.74) is 3.05. The molecule has 8 heteroatoms. The number of esters is 1. The number of fused-ring (bicyclic) bond motifs is 1. The Bertz CT molecular complexity index is 1170. The molecule has 154 valence electrons. The highest BCUT2D eigenvalue weighted by Crippen LogP contribution is 2.31. The molecule has 0 aliphatic heterocycles. The van der Waals surface area contributed by atoms with Crippen molar-refractivity contribution in [3.8, 4) is 5.69 Å². The summed E-state index contributed by atoms with van der Waals surface area (Å²) in [6, 6.07) is 10.8. The molecule has 1 aromatic heterocycles. The van der Waals surface area contributed by atoms with E-state index in [0.717, 1.165) is 28.8 Å². The lowest BCUT2D eigenvalue weighted by molar-refractivity contribution is -0.148. The van der Waals surface area contributed by atoms with Gasteiger partial charge in [0.2, 0.25) is 0 Å². The van der Waals surface area contributed by atoms with E-state index in [2.05, 4.69) is 4.98 Å². The van der Waals surface area contributed by atoms with Crippen LogP contribution in [0.3, 0.4) is 0 Å². The molecule has 0 radical (unpaired) electrons. The highest BCUT2D eigenvalue weighted by atomic mass is 35.5. The maximum absolute atomic E-state index is 12.0. The number of imidazole rings is 1. The quantitative estimate of drug-likeness (QED) is 0.527. The summed E-state index contributed by atoms with van der Waals surface area (Å²) in [7, 11) is -3.45. The highest BCUT2D eigenvalue weighted by Gasteiger charge is 2.19. The van der Waals surface area contributed by atoms with Crippen LogP contribution in [0.2, 0.25) is 5.02 Å². The lowest BCUT2D eigenvalue weighted by atomic mass is 10.1. The predicted octanol–water partition coefficient (Wildman–Crippen LogP) is 4.66. The van der Waals surface area contributed by atoms with E-state index in [-0.39, 0.29) is 22.0 Å². The normalized spacial score (nSPS) is 12.9. The van der Waals surface area contributed by atoms with Crippen LogP contribution in [0, 0.1) is 0 Å². The average molecular weight is 435 g/mol. The fourth-order valence-corrected chi connectivity index (χ4v) is 4.50. The molecule has 0 aliphatic carbocycles. The molecule has 0 bridgehead atoms. The number of aromatic nitrogens is 2. The van der Waals surface area contributed by atoms with Gasteiger partial charge in [-0.3, -0.25) is 9.36 Å². The summed E-state index contributed by atoms with van der Waals surface area (Å²) >= 11 is 6.26. The molecule has 0 saturated heterocycles. The lowest BCUT2D eigenvalue weighted by Crippen LogP contribution is -2.07. The molecular weight excluding hydrogens is 412 g/mol. The smallest absolute Gasteiger partial charge is 0.306 e. The first-order valence-electron chi connectivity index (χ1n) is 9.36. The second-order valence-corrected chi connectivity index (χ2v) is 9.23. The van der Waals surface area contributed by atoms with Crippen molar-refractivity contribution < 1.29 is 17.9 Å². The van der Waals surface area contributed by atoms with Crippen LogP contribution in [-0.2, 0) is 25.8 Å². The molecule has 1 atom stereocenters. The van der Waals surface area contributed by atoms with E-state index in [1.807, 2.05) is 42.7 Å². The molecule has 0 fully saturated rings. The molecule has 0 saturated carbocycles. The Morgan fingerprint density at radius 3 is 2.41 bits per heavy atom. The van der Waals surface area contributed by atoms with Gasteiger partial charge in [-0.05, 0) is 36.8 Å². The van der Waals surface area contributed by atoms with E-state index < -0.39 is 9.84 Å². The van der Waals surface area contributed by atoms with E-state index in [1.165, 1.54) is 6.07 Å². The first-order valence-corrected chi connectivity index (χ1v) is 11.6. The minimum atomic E-state index is -3.45. The maximum Gasteiger partial charge on any atom is 0.306 e. The Kier molecular flexibility index (Phi) is 6.00. The fourth-order valence-electron chi connectivity index (χ4n) is 3.18. The standard InChI is InChI=1S/C21H23ClN2O4S/c1-5-20-23-17-12-19(29(4,26)27)16(22)11-18(17)24(20)15-9-7-14(8-10-15)13(3)28-21(25)6-2/h7-13H,5-6H2,1-4H3. The number of halogens is 1. The van der Waals surface area contributed by atoms with Gasteiger partial charge in [-0.1, -0.05) is 37.6 Å². The molecule has 0 amide bonds. The Balaban J connectivity index is 2.07. The number of carbonyl (C=O) groups is 1. The van der Waals surface area contributed by atoms with E-state index in [4.69, 9.17) is 16.3 Å². The van der Waals surface area contributed by atoms with Crippen LogP contribution in [0.15, 0.2) is 41.3 Å². The SMILES string of the molecule is CCC(=O)OC(C)c1ccc(-n2c(CC)nc3cc(S(C)(=O)=O)c(Cl)cc32)cc1. The zero-order valence-corrected chi connectivity index (χ0v) is 18.3. The fraction of sp³-hybridized carbons (Fsp3) is 0.333. The number of ether oxygens (including phenoxy) is 1. The van der Waals surface area contributed by atoms with Gasteiger partial charge < -0.3 is 4.74 Å². The van der Waals surface area contributed by atoms with Gasteiger partial charge in [-0.25, -0.2) is 13.4 Å². The number of hydrogen-bond donors (Lipinski definition) is 0. The number of rotatable bonds is 6. The second-order valence-electron chi connectivity index (χ2n) is 6.84. The Hall–Kier alpha value is -2.38. The summed E-state index contributed by atoms with van der Waals surface area (Å²) in [6.45, 7) is 5.57. The maximum atomic E-state index is 12.0. The summed E-state index contributed by atoms with van der Waals surface area (Å²) in [6.07, 6.45) is 1.78. The van der Waals surface area contributed by atoms with Gasteiger partial charge >= 0.3 is 5.97 Å². The van der Waals surface area contributed by atoms with E-state index in [9.17, 15) is 13.2 Å². The van der Waals surface area contributed by atoms with Crippen LogP contribution in [-0.4, -0.2) is 30.2 Å². The van der Waals surface area contributed by atoms with Gasteiger partial charge in [0.25, 0.3) is 0 Å². The lowest BCUT2D eigenvalue weighted by Gasteiger charge is -2.15. The van der Waals surface area contributed by atoms with Crippen LogP contribution in [0.1, 0.15) is 44.7 Å². The molecule has 1 heterocycles. The van der Waals surface area contributed by atoms with Crippen LogP contribution in [0.25, 0.3) is 16.7 Å². The molecule has 0 spiro atoms. The summed E-state index contributed by atoms with van der Waals surface area (Å²) in [4.78, 5) is 16.2. The van der Waals surface area contributed by atoms with Gasteiger partial charge in [0.1, 0.15) is 11.9 Å².